The number of benzene rings is 1. The van der Waals surface area contributed by atoms with Crippen LogP contribution in [-0.4, -0.2) is 24.6 Å². The van der Waals surface area contributed by atoms with Gasteiger partial charge in [-0.15, -0.1) is 0 Å². The molecule has 1 rings (SSSR count). The van der Waals surface area contributed by atoms with Crippen molar-refractivity contribution in [3.8, 4) is 5.75 Å². The summed E-state index contributed by atoms with van der Waals surface area (Å²) in [7, 11) is -4.06. The number of phenols is 1. The summed E-state index contributed by atoms with van der Waals surface area (Å²) in [5, 5.41) is 22.2. The third-order valence-electron chi connectivity index (χ3n) is 1.60. The molecule has 0 aliphatic carbocycles. The zero-order valence-electron chi connectivity index (χ0n) is 7.14. The maximum Gasteiger partial charge on any atom is 0.339 e. The summed E-state index contributed by atoms with van der Waals surface area (Å²) in [5.74, 6) is -2.20. The Morgan fingerprint density at radius 2 is 1.93 bits per heavy atom. The van der Waals surface area contributed by atoms with Crippen molar-refractivity contribution < 1.29 is 23.4 Å². The van der Waals surface area contributed by atoms with Crippen LogP contribution in [0.4, 0.5) is 0 Å². The fraction of sp³-hybridized carbons (Fsp3) is 0. The number of nitrogens with two attached hydrogens (primary N) is 1. The van der Waals surface area contributed by atoms with Crippen molar-refractivity contribution >= 4 is 27.6 Å². The Morgan fingerprint density at radius 1 is 1.40 bits per heavy atom. The highest BCUT2D eigenvalue weighted by Gasteiger charge is 2.18. The predicted octanol–water partition coefficient (Wildman–Crippen LogP) is 0.391. The second kappa shape index (κ2) is 3.69. The smallest absolute Gasteiger partial charge is 0.339 e. The van der Waals surface area contributed by atoms with Gasteiger partial charge in [-0.25, -0.2) is 18.4 Å². The molecule has 0 saturated heterocycles. The Bertz CT molecular complexity index is 524. The van der Waals surface area contributed by atoms with Gasteiger partial charge in [-0.2, -0.15) is 0 Å². The molecule has 1 aromatic carbocycles. The maximum atomic E-state index is 10.9. The number of sulfonamides is 1. The van der Waals surface area contributed by atoms with Crippen LogP contribution in [0.2, 0.25) is 5.02 Å². The van der Waals surface area contributed by atoms with Crippen molar-refractivity contribution in [3.63, 3.8) is 0 Å². The largest absolute Gasteiger partial charge is 0.505 e. The summed E-state index contributed by atoms with van der Waals surface area (Å²) in [6.45, 7) is 0. The number of halogens is 1. The molecule has 0 saturated carbocycles. The predicted molar refractivity (Wildman–Crippen MR) is 51.4 cm³/mol. The van der Waals surface area contributed by atoms with Crippen LogP contribution in [0.15, 0.2) is 17.0 Å². The molecule has 0 amide bonds. The first-order valence-electron chi connectivity index (χ1n) is 3.52. The van der Waals surface area contributed by atoms with E-state index in [0.29, 0.717) is 0 Å². The quantitative estimate of drug-likeness (QED) is 0.703. The molecular weight excluding hydrogens is 246 g/mol. The summed E-state index contributed by atoms with van der Waals surface area (Å²) in [6.07, 6.45) is 0. The molecule has 6 nitrogen and oxygen atoms in total. The minimum atomic E-state index is -4.06. The Balaban J connectivity index is 3.57. The molecule has 15 heavy (non-hydrogen) atoms. The lowest BCUT2D eigenvalue weighted by molar-refractivity contribution is 0.0693. The minimum absolute atomic E-state index is 0.390. The number of carboxylic acid groups (broad SMARTS) is 1. The summed E-state index contributed by atoms with van der Waals surface area (Å²) in [5.41, 5.74) is -0.619. The molecule has 8 heteroatoms. The third kappa shape index (κ3) is 2.38. The average Bonchev–Trinajstić information content (AvgIpc) is 2.06. The third-order valence-corrected chi connectivity index (χ3v) is 2.78. The zero-order chi connectivity index (χ0) is 11.8. The van der Waals surface area contributed by atoms with Crippen LogP contribution in [0.1, 0.15) is 10.4 Å². The van der Waals surface area contributed by atoms with E-state index in [9.17, 15) is 18.3 Å². The molecule has 0 bridgehead atoms. The van der Waals surface area contributed by atoms with Crippen molar-refractivity contribution in [2.45, 2.75) is 4.90 Å². The van der Waals surface area contributed by atoms with Crippen LogP contribution >= 0.6 is 11.6 Å². The van der Waals surface area contributed by atoms with E-state index in [0.717, 1.165) is 12.1 Å². The highest BCUT2D eigenvalue weighted by molar-refractivity contribution is 7.89. The molecule has 0 unspecified atom stereocenters. The molecule has 0 aromatic heterocycles. The van der Waals surface area contributed by atoms with Crippen LogP contribution in [0, 0.1) is 0 Å². The van der Waals surface area contributed by atoms with Gasteiger partial charge in [0.2, 0.25) is 10.0 Å². The van der Waals surface area contributed by atoms with Gasteiger partial charge in [0, 0.05) is 0 Å². The lowest BCUT2D eigenvalue weighted by atomic mass is 10.2. The highest BCUT2D eigenvalue weighted by atomic mass is 35.5. The maximum absolute atomic E-state index is 10.9. The van der Waals surface area contributed by atoms with Crippen LogP contribution in [0.25, 0.3) is 0 Å². The van der Waals surface area contributed by atoms with Gasteiger partial charge in [-0.05, 0) is 12.1 Å². The van der Waals surface area contributed by atoms with Gasteiger partial charge in [0.15, 0.2) is 0 Å². The molecule has 82 valence electrons. The van der Waals surface area contributed by atoms with E-state index >= 15 is 0 Å². The second-order valence-electron chi connectivity index (χ2n) is 2.65. The van der Waals surface area contributed by atoms with E-state index in [-0.39, 0.29) is 5.02 Å². The number of hydrogen-bond acceptors (Lipinski definition) is 4. The van der Waals surface area contributed by atoms with Gasteiger partial charge >= 0.3 is 5.97 Å². The molecule has 1 aromatic rings. The van der Waals surface area contributed by atoms with E-state index in [1.807, 2.05) is 0 Å². The van der Waals surface area contributed by atoms with Gasteiger partial charge in [0.1, 0.15) is 11.3 Å². The number of carbonyl (C=O) groups is 1. The number of carboxylic acids is 1. The molecule has 0 aliphatic rings. The second-order valence-corrected chi connectivity index (χ2v) is 4.62. The molecule has 0 heterocycles. The Kier molecular flexibility index (Phi) is 2.89. The van der Waals surface area contributed by atoms with Crippen molar-refractivity contribution in [2.75, 3.05) is 0 Å². The van der Waals surface area contributed by atoms with Gasteiger partial charge < -0.3 is 10.2 Å². The Morgan fingerprint density at radius 3 is 2.33 bits per heavy atom. The number of primary sulfonamides is 1. The van der Waals surface area contributed by atoms with E-state index in [4.69, 9.17) is 21.8 Å². The van der Waals surface area contributed by atoms with Gasteiger partial charge in [0.25, 0.3) is 0 Å². The number of rotatable bonds is 2. The fourth-order valence-corrected chi connectivity index (χ4v) is 1.75. The molecule has 0 spiro atoms. The lowest BCUT2D eigenvalue weighted by Gasteiger charge is -2.04. The Hall–Kier alpha value is -1.31. The van der Waals surface area contributed by atoms with Crippen molar-refractivity contribution in [1.29, 1.82) is 0 Å². The normalized spacial score (nSPS) is 11.3. The van der Waals surface area contributed by atoms with Crippen molar-refractivity contribution in [3.05, 3.63) is 22.7 Å². The first-order chi connectivity index (χ1) is 6.73. The van der Waals surface area contributed by atoms with Crippen LogP contribution in [0.5, 0.6) is 5.75 Å². The van der Waals surface area contributed by atoms with Crippen molar-refractivity contribution in [2.24, 2.45) is 5.14 Å². The van der Waals surface area contributed by atoms with Gasteiger partial charge in [-0.1, -0.05) is 11.6 Å². The van der Waals surface area contributed by atoms with Gasteiger partial charge in [0.05, 0.1) is 9.92 Å². The topological polar surface area (TPSA) is 118 Å². The van der Waals surface area contributed by atoms with E-state index in [1.54, 1.807) is 0 Å². The minimum Gasteiger partial charge on any atom is -0.505 e. The van der Waals surface area contributed by atoms with Crippen molar-refractivity contribution in [1.82, 2.24) is 0 Å². The fourth-order valence-electron chi connectivity index (χ4n) is 0.901. The van der Waals surface area contributed by atoms with Crippen LogP contribution in [-0.2, 0) is 10.0 Å². The first-order valence-corrected chi connectivity index (χ1v) is 5.44. The number of aromatic hydroxyl groups is 1. The summed E-state index contributed by atoms with van der Waals surface area (Å²) in [4.78, 5) is 10.1. The summed E-state index contributed by atoms with van der Waals surface area (Å²) in [6, 6.07) is 1.61. The molecule has 0 fully saturated rings. The standard InChI is InChI=1S/C7H6ClNO5S/c8-5-2-3(15(9,13)14)1-4(6(5)10)7(11)12/h1-2,10H,(H,11,12)(H2,9,13,14). The molecular formula is C7H6ClNO5S. The van der Waals surface area contributed by atoms with E-state index in [1.165, 1.54) is 0 Å². The number of hydrogen-bond donors (Lipinski definition) is 3. The Labute approximate surface area is 90.0 Å². The van der Waals surface area contributed by atoms with E-state index in [2.05, 4.69) is 0 Å². The number of aromatic carboxylic acids is 1. The van der Waals surface area contributed by atoms with E-state index < -0.39 is 32.2 Å². The van der Waals surface area contributed by atoms with Crippen LogP contribution < -0.4 is 5.14 Å². The average molecular weight is 252 g/mol. The zero-order valence-corrected chi connectivity index (χ0v) is 8.71. The SMILES string of the molecule is NS(=O)(=O)c1cc(Cl)c(O)c(C(=O)O)c1. The lowest BCUT2D eigenvalue weighted by Crippen LogP contribution is -2.13. The molecule has 0 radical (unpaired) electrons. The molecule has 0 atom stereocenters. The van der Waals surface area contributed by atoms with Crippen LogP contribution in [0.3, 0.4) is 0 Å². The summed E-state index contributed by atoms with van der Waals surface area (Å²) >= 11 is 5.44. The molecule has 0 aliphatic heterocycles. The first kappa shape index (κ1) is 11.8. The summed E-state index contributed by atoms with van der Waals surface area (Å²) < 4.78 is 21.8. The monoisotopic (exact) mass is 251 g/mol. The highest BCUT2D eigenvalue weighted by Crippen LogP contribution is 2.30. The van der Waals surface area contributed by atoms with Gasteiger partial charge in [-0.3, -0.25) is 0 Å². The molecule has 4 N–H and O–H groups in total.